The first-order valence-electron chi connectivity index (χ1n) is 5.55. The van der Waals surface area contributed by atoms with E-state index < -0.39 is 11.4 Å². The van der Waals surface area contributed by atoms with E-state index in [9.17, 15) is 9.90 Å². The minimum absolute atomic E-state index is 0.0316. The normalized spacial score (nSPS) is 27.9. The van der Waals surface area contributed by atoms with Crippen molar-refractivity contribution in [3.05, 3.63) is 36.3 Å². The molecule has 1 saturated carbocycles. The second-order valence-corrected chi connectivity index (χ2v) is 4.65. The van der Waals surface area contributed by atoms with Gasteiger partial charge < -0.3 is 15.2 Å². The van der Waals surface area contributed by atoms with Gasteiger partial charge in [0.1, 0.15) is 11.1 Å². The molecule has 3 N–H and O–H groups in total. The Labute approximate surface area is 97.9 Å². The predicted octanol–water partition coefficient (Wildman–Crippen LogP) is 0.778. The number of carbonyl (C=O) groups is 1. The van der Waals surface area contributed by atoms with Crippen LogP contribution in [0, 0.1) is 0 Å². The van der Waals surface area contributed by atoms with Crippen molar-refractivity contribution in [2.45, 2.75) is 24.3 Å². The highest BCUT2D eigenvalue weighted by Gasteiger charge is 2.52. The summed E-state index contributed by atoms with van der Waals surface area (Å²) in [5.74, 6) is -0.831. The SMILES string of the molecule is NC1CC(C(=O)O)(c2cn3ccccc3n2)C1. The van der Waals surface area contributed by atoms with E-state index in [1.807, 2.05) is 28.8 Å². The molecule has 5 heteroatoms. The number of aromatic nitrogens is 2. The van der Waals surface area contributed by atoms with Crippen LogP contribution in [-0.4, -0.2) is 26.5 Å². The third-order valence-corrected chi connectivity index (χ3v) is 3.48. The van der Waals surface area contributed by atoms with Crippen molar-refractivity contribution in [3.8, 4) is 0 Å². The van der Waals surface area contributed by atoms with Crippen molar-refractivity contribution >= 4 is 11.6 Å². The van der Waals surface area contributed by atoms with Gasteiger partial charge in [-0.25, -0.2) is 4.98 Å². The summed E-state index contributed by atoms with van der Waals surface area (Å²) in [5, 5.41) is 9.38. The summed E-state index contributed by atoms with van der Waals surface area (Å²) in [7, 11) is 0. The van der Waals surface area contributed by atoms with E-state index in [-0.39, 0.29) is 6.04 Å². The van der Waals surface area contributed by atoms with Gasteiger partial charge in [-0.1, -0.05) is 6.07 Å². The predicted molar refractivity (Wildman–Crippen MR) is 61.7 cm³/mol. The maximum Gasteiger partial charge on any atom is 0.315 e. The van der Waals surface area contributed by atoms with Crippen molar-refractivity contribution < 1.29 is 9.90 Å². The summed E-state index contributed by atoms with van der Waals surface area (Å²) in [6, 6.07) is 5.60. The maximum absolute atomic E-state index is 11.4. The third-order valence-electron chi connectivity index (χ3n) is 3.48. The van der Waals surface area contributed by atoms with Gasteiger partial charge in [0, 0.05) is 18.4 Å². The van der Waals surface area contributed by atoms with Crippen LogP contribution in [-0.2, 0) is 10.2 Å². The highest BCUT2D eigenvalue weighted by atomic mass is 16.4. The lowest BCUT2D eigenvalue weighted by atomic mass is 9.64. The number of imidazole rings is 1. The van der Waals surface area contributed by atoms with E-state index >= 15 is 0 Å². The van der Waals surface area contributed by atoms with E-state index in [0.29, 0.717) is 18.5 Å². The topological polar surface area (TPSA) is 80.6 Å². The summed E-state index contributed by atoms with van der Waals surface area (Å²) in [4.78, 5) is 15.8. The zero-order chi connectivity index (χ0) is 12.0. The second kappa shape index (κ2) is 3.30. The molecule has 0 saturated heterocycles. The second-order valence-electron chi connectivity index (χ2n) is 4.65. The molecule has 0 bridgehead atoms. The molecule has 0 spiro atoms. The van der Waals surface area contributed by atoms with Gasteiger partial charge in [-0.3, -0.25) is 4.79 Å². The van der Waals surface area contributed by atoms with Crippen LogP contribution >= 0.6 is 0 Å². The Morgan fingerprint density at radius 3 is 2.88 bits per heavy atom. The number of rotatable bonds is 2. The molecule has 1 aliphatic carbocycles. The number of hydrogen-bond donors (Lipinski definition) is 2. The summed E-state index contributed by atoms with van der Waals surface area (Å²) < 4.78 is 1.84. The molecule has 2 aromatic rings. The number of fused-ring (bicyclic) bond motifs is 1. The molecular weight excluding hydrogens is 218 g/mol. The Morgan fingerprint density at radius 2 is 2.29 bits per heavy atom. The van der Waals surface area contributed by atoms with E-state index in [1.165, 1.54) is 0 Å². The highest BCUT2D eigenvalue weighted by Crippen LogP contribution is 2.42. The Balaban J connectivity index is 2.10. The quantitative estimate of drug-likeness (QED) is 0.800. The largest absolute Gasteiger partial charge is 0.481 e. The van der Waals surface area contributed by atoms with Gasteiger partial charge in [-0.05, 0) is 25.0 Å². The monoisotopic (exact) mass is 231 g/mol. The third kappa shape index (κ3) is 1.36. The van der Waals surface area contributed by atoms with Crippen molar-refractivity contribution in [3.63, 3.8) is 0 Å². The summed E-state index contributed by atoms with van der Waals surface area (Å²) in [5.41, 5.74) is 6.22. The number of nitrogens with two attached hydrogens (primary N) is 1. The fourth-order valence-corrected chi connectivity index (χ4v) is 2.49. The summed E-state index contributed by atoms with van der Waals surface area (Å²) in [6.45, 7) is 0. The molecule has 0 aromatic carbocycles. The van der Waals surface area contributed by atoms with Crippen molar-refractivity contribution in [1.82, 2.24) is 9.38 Å². The van der Waals surface area contributed by atoms with E-state index in [4.69, 9.17) is 5.73 Å². The van der Waals surface area contributed by atoms with Gasteiger partial charge in [0.2, 0.25) is 0 Å². The lowest BCUT2D eigenvalue weighted by molar-refractivity contribution is -0.148. The minimum Gasteiger partial charge on any atom is -0.481 e. The molecular formula is C12H13N3O2. The fourth-order valence-electron chi connectivity index (χ4n) is 2.49. The zero-order valence-electron chi connectivity index (χ0n) is 9.21. The lowest BCUT2D eigenvalue weighted by Gasteiger charge is -2.41. The first-order valence-corrected chi connectivity index (χ1v) is 5.55. The van der Waals surface area contributed by atoms with Crippen LogP contribution in [0.25, 0.3) is 5.65 Å². The fraction of sp³-hybridized carbons (Fsp3) is 0.333. The van der Waals surface area contributed by atoms with Crippen LogP contribution in [0.4, 0.5) is 0 Å². The number of pyridine rings is 1. The first kappa shape index (κ1) is 10.3. The lowest BCUT2D eigenvalue weighted by Crippen LogP contribution is -2.54. The molecule has 2 heterocycles. The maximum atomic E-state index is 11.4. The highest BCUT2D eigenvalue weighted by molar-refractivity contribution is 5.82. The molecule has 3 rings (SSSR count). The number of carboxylic acid groups (broad SMARTS) is 1. The standard InChI is InChI=1S/C12H13N3O2/c13-8-5-12(6-8,11(16)17)9-7-15-4-2-1-3-10(15)14-9/h1-4,7-8H,5-6,13H2,(H,16,17). The summed E-state index contributed by atoms with van der Waals surface area (Å²) >= 11 is 0. The molecule has 0 atom stereocenters. The van der Waals surface area contributed by atoms with Gasteiger partial charge in [-0.15, -0.1) is 0 Å². The number of aliphatic carboxylic acids is 1. The molecule has 0 amide bonds. The first-order chi connectivity index (χ1) is 8.12. The van der Waals surface area contributed by atoms with Crippen LogP contribution in [0.2, 0.25) is 0 Å². The van der Waals surface area contributed by atoms with E-state index in [1.54, 1.807) is 6.20 Å². The molecule has 17 heavy (non-hydrogen) atoms. The number of hydrogen-bond acceptors (Lipinski definition) is 3. The zero-order valence-corrected chi connectivity index (χ0v) is 9.21. The molecule has 88 valence electrons. The number of nitrogens with zero attached hydrogens (tertiary/aromatic N) is 2. The van der Waals surface area contributed by atoms with Crippen LogP contribution in [0.15, 0.2) is 30.6 Å². The van der Waals surface area contributed by atoms with Crippen molar-refractivity contribution in [1.29, 1.82) is 0 Å². The molecule has 1 aliphatic rings. The Kier molecular flexibility index (Phi) is 2.00. The molecule has 0 aliphatic heterocycles. The van der Waals surface area contributed by atoms with Crippen LogP contribution < -0.4 is 5.73 Å². The van der Waals surface area contributed by atoms with Gasteiger partial charge in [0.05, 0.1) is 5.69 Å². The van der Waals surface area contributed by atoms with Crippen molar-refractivity contribution in [2.75, 3.05) is 0 Å². The summed E-state index contributed by atoms with van der Waals surface area (Å²) in [6.07, 6.45) is 4.58. The Bertz CT molecular complexity index is 551. The number of carboxylic acids is 1. The smallest absolute Gasteiger partial charge is 0.315 e. The average molecular weight is 231 g/mol. The molecule has 5 nitrogen and oxygen atoms in total. The average Bonchev–Trinajstić information content (AvgIpc) is 2.67. The minimum atomic E-state index is -0.883. The van der Waals surface area contributed by atoms with Gasteiger partial charge in [0.15, 0.2) is 0 Å². The van der Waals surface area contributed by atoms with Gasteiger partial charge in [-0.2, -0.15) is 0 Å². The Morgan fingerprint density at radius 1 is 1.53 bits per heavy atom. The van der Waals surface area contributed by atoms with Gasteiger partial charge in [0.25, 0.3) is 0 Å². The van der Waals surface area contributed by atoms with E-state index in [0.717, 1.165) is 5.65 Å². The van der Waals surface area contributed by atoms with Crippen LogP contribution in [0.1, 0.15) is 18.5 Å². The van der Waals surface area contributed by atoms with Crippen LogP contribution in [0.3, 0.4) is 0 Å². The molecule has 2 aromatic heterocycles. The molecule has 0 radical (unpaired) electrons. The molecule has 0 unspecified atom stereocenters. The molecule has 1 fully saturated rings. The Hall–Kier alpha value is -1.88. The van der Waals surface area contributed by atoms with E-state index in [2.05, 4.69) is 4.98 Å². The van der Waals surface area contributed by atoms with Crippen molar-refractivity contribution in [2.24, 2.45) is 5.73 Å². The van der Waals surface area contributed by atoms with Gasteiger partial charge >= 0.3 is 5.97 Å². The van der Waals surface area contributed by atoms with Crippen LogP contribution in [0.5, 0.6) is 0 Å².